The monoisotopic (exact) mass is 283 g/mol. The average molecular weight is 283 g/mol. The highest BCUT2D eigenvalue weighted by Gasteiger charge is 2.26. The summed E-state index contributed by atoms with van der Waals surface area (Å²) in [6, 6.07) is 5.41. The van der Waals surface area contributed by atoms with E-state index in [4.69, 9.17) is 5.11 Å². The Hall–Kier alpha value is -2.09. The summed E-state index contributed by atoms with van der Waals surface area (Å²) in [4.78, 5) is 14.6. The molecule has 3 N–H and O–H groups in total. The molecule has 0 aliphatic carbocycles. The van der Waals surface area contributed by atoms with Crippen LogP contribution >= 0.6 is 0 Å². The molecule has 0 saturated heterocycles. The Balaban J connectivity index is 2.11. The number of aliphatic imine (C=N–C) groups is 1. The third kappa shape index (κ3) is 3.02. The van der Waals surface area contributed by atoms with E-state index in [9.17, 15) is 13.2 Å². The molecule has 0 spiro atoms. The molecule has 0 fully saturated rings. The number of aryl methyl sites for hydroxylation is 1. The fourth-order valence-corrected chi connectivity index (χ4v) is 2.53. The van der Waals surface area contributed by atoms with E-state index in [0.29, 0.717) is 0 Å². The van der Waals surface area contributed by atoms with Gasteiger partial charge in [-0.05, 0) is 19.1 Å². The predicted molar refractivity (Wildman–Crippen MR) is 68.4 cm³/mol. The van der Waals surface area contributed by atoms with Crippen molar-refractivity contribution in [2.24, 2.45) is 4.99 Å². The molecule has 1 aromatic rings. The molecule has 19 heavy (non-hydrogen) atoms. The van der Waals surface area contributed by atoms with E-state index < -0.39 is 22.0 Å². The number of guanidine groups is 1. The van der Waals surface area contributed by atoms with Crippen LogP contribution in [0.2, 0.25) is 0 Å². The van der Waals surface area contributed by atoms with Crippen molar-refractivity contribution in [2.45, 2.75) is 17.9 Å². The number of carboxylic acid groups (broad SMARTS) is 1. The molecule has 1 aromatic carbocycles. The minimum atomic E-state index is -3.75. The lowest BCUT2D eigenvalue weighted by Crippen LogP contribution is -2.44. The number of benzene rings is 1. The summed E-state index contributed by atoms with van der Waals surface area (Å²) in [5, 5.41) is 11.3. The van der Waals surface area contributed by atoms with Gasteiger partial charge in [0.25, 0.3) is 10.0 Å². The van der Waals surface area contributed by atoms with Crippen LogP contribution in [0.1, 0.15) is 5.56 Å². The van der Waals surface area contributed by atoms with Crippen LogP contribution in [0.25, 0.3) is 0 Å². The first-order valence-corrected chi connectivity index (χ1v) is 7.00. The molecule has 7 nitrogen and oxygen atoms in total. The lowest BCUT2D eigenvalue weighted by atomic mass is 10.2. The zero-order valence-corrected chi connectivity index (χ0v) is 10.9. The van der Waals surface area contributed by atoms with Crippen LogP contribution in [-0.2, 0) is 14.8 Å². The molecular formula is C11H13N3O4S. The van der Waals surface area contributed by atoms with E-state index in [1.54, 1.807) is 12.1 Å². The first kappa shape index (κ1) is 13.3. The summed E-state index contributed by atoms with van der Waals surface area (Å²) < 4.78 is 26.2. The predicted octanol–water partition coefficient (Wildman–Crippen LogP) is -0.314. The van der Waals surface area contributed by atoms with E-state index >= 15 is 0 Å². The van der Waals surface area contributed by atoms with Gasteiger partial charge in [-0.3, -0.25) is 0 Å². The van der Waals surface area contributed by atoms with Crippen molar-refractivity contribution in [1.82, 2.24) is 10.0 Å². The van der Waals surface area contributed by atoms with E-state index in [1.807, 2.05) is 6.92 Å². The Labute approximate surface area is 110 Å². The van der Waals surface area contributed by atoms with Crippen LogP contribution in [0.15, 0.2) is 34.2 Å². The molecule has 1 aliphatic rings. The SMILES string of the molecule is Cc1ccc(S(=O)(=O)NC2=NCC(C(=O)O)N2)cc1. The Bertz CT molecular complexity index is 622. The molecule has 0 aromatic heterocycles. The van der Waals surface area contributed by atoms with Crippen LogP contribution in [0.4, 0.5) is 0 Å². The van der Waals surface area contributed by atoms with Gasteiger partial charge in [-0.2, -0.15) is 0 Å². The number of rotatable bonds is 3. The third-order valence-corrected chi connectivity index (χ3v) is 3.96. The van der Waals surface area contributed by atoms with Crippen LogP contribution in [0.3, 0.4) is 0 Å². The molecule has 0 bridgehead atoms. The normalized spacial score (nSPS) is 18.6. The molecule has 1 aliphatic heterocycles. The number of carboxylic acids is 1. The summed E-state index contributed by atoms with van der Waals surface area (Å²) in [6.07, 6.45) is 0. The molecule has 0 radical (unpaired) electrons. The first-order chi connectivity index (χ1) is 8.88. The summed E-state index contributed by atoms with van der Waals surface area (Å²) >= 11 is 0. The van der Waals surface area contributed by atoms with Crippen molar-refractivity contribution < 1.29 is 18.3 Å². The fourth-order valence-electron chi connectivity index (χ4n) is 1.54. The van der Waals surface area contributed by atoms with Gasteiger partial charge in [-0.1, -0.05) is 17.7 Å². The zero-order valence-electron chi connectivity index (χ0n) is 10.1. The molecule has 8 heteroatoms. The van der Waals surface area contributed by atoms with Gasteiger partial charge >= 0.3 is 5.97 Å². The summed E-state index contributed by atoms with van der Waals surface area (Å²) in [5.74, 6) is -1.12. The topological polar surface area (TPSA) is 108 Å². The number of carbonyl (C=O) groups is 1. The molecule has 1 heterocycles. The minimum absolute atomic E-state index is 0.00108. The van der Waals surface area contributed by atoms with E-state index in [1.165, 1.54) is 12.1 Å². The lowest BCUT2D eigenvalue weighted by molar-refractivity contribution is -0.138. The van der Waals surface area contributed by atoms with Crippen LogP contribution in [0.5, 0.6) is 0 Å². The second-order valence-electron chi connectivity index (χ2n) is 4.14. The summed E-state index contributed by atoms with van der Waals surface area (Å²) in [6.45, 7) is 1.85. The molecule has 1 unspecified atom stereocenters. The maximum Gasteiger partial charge on any atom is 0.328 e. The van der Waals surface area contributed by atoms with Gasteiger partial charge in [0.15, 0.2) is 0 Å². The smallest absolute Gasteiger partial charge is 0.328 e. The zero-order chi connectivity index (χ0) is 14.0. The van der Waals surface area contributed by atoms with Crippen molar-refractivity contribution >= 4 is 22.0 Å². The van der Waals surface area contributed by atoms with E-state index in [-0.39, 0.29) is 17.4 Å². The van der Waals surface area contributed by atoms with E-state index in [0.717, 1.165) is 5.56 Å². The summed E-state index contributed by atoms with van der Waals surface area (Å²) in [5.41, 5.74) is 0.946. The van der Waals surface area contributed by atoms with Crippen molar-refractivity contribution in [3.8, 4) is 0 Å². The molecule has 1 atom stereocenters. The Morgan fingerprint density at radius 1 is 1.42 bits per heavy atom. The Morgan fingerprint density at radius 3 is 2.58 bits per heavy atom. The van der Waals surface area contributed by atoms with Gasteiger partial charge in [0, 0.05) is 0 Å². The number of aliphatic carboxylic acids is 1. The Kier molecular flexibility index (Phi) is 3.43. The molecular weight excluding hydrogens is 270 g/mol. The molecule has 102 valence electrons. The highest BCUT2D eigenvalue weighted by atomic mass is 32.2. The number of sulfonamides is 1. The van der Waals surface area contributed by atoms with Crippen LogP contribution in [-0.4, -0.2) is 38.0 Å². The van der Waals surface area contributed by atoms with Crippen molar-refractivity contribution in [3.05, 3.63) is 29.8 Å². The molecule has 0 amide bonds. The highest BCUT2D eigenvalue weighted by molar-refractivity contribution is 7.90. The molecule has 2 rings (SSSR count). The van der Waals surface area contributed by atoms with Crippen LogP contribution < -0.4 is 10.0 Å². The second kappa shape index (κ2) is 4.88. The van der Waals surface area contributed by atoms with Crippen molar-refractivity contribution in [1.29, 1.82) is 0 Å². The van der Waals surface area contributed by atoms with E-state index in [2.05, 4.69) is 15.0 Å². The second-order valence-corrected chi connectivity index (χ2v) is 5.83. The number of hydrogen-bond acceptors (Lipinski definition) is 5. The summed E-state index contributed by atoms with van der Waals surface area (Å²) in [7, 11) is -3.75. The van der Waals surface area contributed by atoms with Crippen LogP contribution in [0, 0.1) is 6.92 Å². The minimum Gasteiger partial charge on any atom is -0.480 e. The molecule has 0 saturated carbocycles. The van der Waals surface area contributed by atoms with Crippen molar-refractivity contribution in [2.75, 3.05) is 6.54 Å². The number of nitrogens with one attached hydrogen (secondary N) is 2. The van der Waals surface area contributed by atoms with Crippen molar-refractivity contribution in [3.63, 3.8) is 0 Å². The van der Waals surface area contributed by atoms with Gasteiger partial charge in [-0.15, -0.1) is 0 Å². The van der Waals surface area contributed by atoms with Gasteiger partial charge in [-0.25, -0.2) is 22.9 Å². The third-order valence-electron chi connectivity index (χ3n) is 2.60. The first-order valence-electron chi connectivity index (χ1n) is 5.52. The fraction of sp³-hybridized carbons (Fsp3) is 0.273. The number of hydrogen-bond donors (Lipinski definition) is 3. The quantitative estimate of drug-likeness (QED) is 0.705. The highest BCUT2D eigenvalue weighted by Crippen LogP contribution is 2.10. The standard InChI is InChI=1S/C11H13N3O4S/c1-7-2-4-8(5-3-7)19(17,18)14-11-12-6-9(13-11)10(15)16/h2-5,9H,6H2,1H3,(H,15,16)(H2,12,13,14). The maximum absolute atomic E-state index is 12.0. The van der Waals surface area contributed by atoms with Gasteiger partial charge in [0.2, 0.25) is 5.96 Å². The largest absolute Gasteiger partial charge is 0.480 e. The van der Waals surface area contributed by atoms with Gasteiger partial charge < -0.3 is 10.4 Å². The van der Waals surface area contributed by atoms with Gasteiger partial charge in [0.1, 0.15) is 6.04 Å². The lowest BCUT2D eigenvalue weighted by Gasteiger charge is -2.10. The van der Waals surface area contributed by atoms with Gasteiger partial charge in [0.05, 0.1) is 11.4 Å². The average Bonchev–Trinajstić information content (AvgIpc) is 2.77. The Morgan fingerprint density at radius 2 is 2.05 bits per heavy atom. The number of nitrogens with zero attached hydrogens (tertiary/aromatic N) is 1. The maximum atomic E-state index is 12.0.